The van der Waals surface area contributed by atoms with E-state index in [-0.39, 0.29) is 11.2 Å². The molecule has 2 aromatic carbocycles. The molecule has 3 N–H and O–H groups in total. The standard InChI is InChI=1S/C15H24N2OS.C6H6.C2H4/c1-12(15(19)13-8-4-2-5-9-13)17-11-7-3-6-10-14(16)18;1-2-4-6-5-3-1;1-2/h2,4-5,8-9,12,15,17,19H,3,6-7,10-11H2,1H3,(H2,16,18);1-6H;1-2H2. The molecule has 1 amide bonds. The lowest BCUT2D eigenvalue weighted by atomic mass is 10.1. The summed E-state index contributed by atoms with van der Waals surface area (Å²) in [6, 6.07) is 22.6. The predicted octanol–water partition coefficient (Wildman–Crippen LogP) is 5.17. The zero-order valence-electron chi connectivity index (χ0n) is 16.4. The molecule has 0 saturated heterocycles. The molecule has 2 rings (SSSR count). The minimum Gasteiger partial charge on any atom is -0.370 e. The van der Waals surface area contributed by atoms with E-state index in [1.807, 2.05) is 54.6 Å². The monoisotopic (exact) mass is 386 g/mol. The van der Waals surface area contributed by atoms with E-state index in [4.69, 9.17) is 5.73 Å². The van der Waals surface area contributed by atoms with Crippen LogP contribution in [0.25, 0.3) is 0 Å². The minimum atomic E-state index is -0.208. The largest absolute Gasteiger partial charge is 0.370 e. The molecule has 0 aliphatic heterocycles. The number of nitrogens with two attached hydrogens (primary N) is 1. The Morgan fingerprint density at radius 2 is 1.44 bits per heavy atom. The van der Waals surface area contributed by atoms with Crippen LogP contribution in [-0.2, 0) is 4.79 Å². The molecule has 2 aromatic rings. The second-order valence-corrected chi connectivity index (χ2v) is 6.59. The van der Waals surface area contributed by atoms with Crippen LogP contribution in [0.3, 0.4) is 0 Å². The summed E-state index contributed by atoms with van der Waals surface area (Å²) in [5.74, 6) is -0.208. The summed E-state index contributed by atoms with van der Waals surface area (Å²) in [7, 11) is 0. The summed E-state index contributed by atoms with van der Waals surface area (Å²) >= 11 is 4.66. The van der Waals surface area contributed by atoms with Gasteiger partial charge < -0.3 is 11.1 Å². The first-order valence-electron chi connectivity index (χ1n) is 9.36. The van der Waals surface area contributed by atoms with Gasteiger partial charge >= 0.3 is 0 Å². The molecule has 0 aliphatic rings. The molecule has 3 nitrogen and oxygen atoms in total. The van der Waals surface area contributed by atoms with E-state index in [0.29, 0.717) is 12.5 Å². The van der Waals surface area contributed by atoms with Crippen molar-refractivity contribution in [1.29, 1.82) is 0 Å². The van der Waals surface area contributed by atoms with Crippen LogP contribution < -0.4 is 11.1 Å². The number of rotatable bonds is 9. The lowest BCUT2D eigenvalue weighted by Crippen LogP contribution is -2.30. The van der Waals surface area contributed by atoms with Crippen molar-refractivity contribution >= 4 is 18.5 Å². The van der Waals surface area contributed by atoms with E-state index in [9.17, 15) is 4.79 Å². The quantitative estimate of drug-likeness (QED) is 0.316. The molecule has 0 aliphatic carbocycles. The molecule has 0 aromatic heterocycles. The number of unbranched alkanes of at least 4 members (excludes halogenated alkanes) is 2. The summed E-state index contributed by atoms with van der Waals surface area (Å²) in [6.07, 6.45) is 3.47. The number of hydrogen-bond donors (Lipinski definition) is 3. The van der Waals surface area contributed by atoms with Crippen LogP contribution in [0, 0.1) is 0 Å². The molecule has 148 valence electrons. The second-order valence-electron chi connectivity index (χ2n) is 6.03. The Morgan fingerprint density at radius 3 is 1.93 bits per heavy atom. The van der Waals surface area contributed by atoms with Crippen LogP contribution in [-0.4, -0.2) is 18.5 Å². The van der Waals surface area contributed by atoms with Crippen molar-refractivity contribution in [1.82, 2.24) is 5.32 Å². The van der Waals surface area contributed by atoms with Crippen LogP contribution in [0.4, 0.5) is 0 Å². The van der Waals surface area contributed by atoms with Gasteiger partial charge in [-0.25, -0.2) is 0 Å². The summed E-state index contributed by atoms with van der Waals surface area (Å²) in [5.41, 5.74) is 6.33. The summed E-state index contributed by atoms with van der Waals surface area (Å²) in [5, 5.41) is 3.68. The number of primary amides is 1. The molecule has 2 unspecified atom stereocenters. The first-order valence-corrected chi connectivity index (χ1v) is 9.87. The van der Waals surface area contributed by atoms with Gasteiger partial charge in [-0.1, -0.05) is 73.2 Å². The van der Waals surface area contributed by atoms with Crippen LogP contribution >= 0.6 is 12.6 Å². The molecule has 0 spiro atoms. The molecule has 0 saturated carbocycles. The van der Waals surface area contributed by atoms with Crippen LogP contribution in [0.15, 0.2) is 79.9 Å². The molecule has 0 fully saturated rings. The van der Waals surface area contributed by atoms with Gasteiger partial charge in [-0.05, 0) is 31.9 Å². The van der Waals surface area contributed by atoms with Gasteiger partial charge in [-0.3, -0.25) is 4.79 Å². The van der Waals surface area contributed by atoms with Crippen molar-refractivity contribution in [3.05, 3.63) is 85.5 Å². The van der Waals surface area contributed by atoms with Gasteiger partial charge in [-0.15, -0.1) is 13.2 Å². The summed E-state index contributed by atoms with van der Waals surface area (Å²) < 4.78 is 0. The van der Waals surface area contributed by atoms with Gasteiger partial charge in [0.2, 0.25) is 5.91 Å². The van der Waals surface area contributed by atoms with E-state index in [1.54, 1.807) is 0 Å². The number of carbonyl (C=O) groups is 1. The Balaban J connectivity index is 0.000000702. The molecule has 2 atom stereocenters. The SMILES string of the molecule is C=C.CC(NCCCCCC(N)=O)C(S)c1ccccc1.c1ccccc1. The Morgan fingerprint density at radius 1 is 0.963 bits per heavy atom. The highest BCUT2D eigenvalue weighted by Crippen LogP contribution is 2.23. The van der Waals surface area contributed by atoms with Crippen LogP contribution in [0.2, 0.25) is 0 Å². The maximum absolute atomic E-state index is 10.6. The zero-order valence-corrected chi connectivity index (χ0v) is 17.3. The predicted molar refractivity (Wildman–Crippen MR) is 121 cm³/mol. The third kappa shape index (κ3) is 13.8. The molecular weight excluding hydrogens is 352 g/mol. The van der Waals surface area contributed by atoms with E-state index in [1.165, 1.54) is 5.56 Å². The van der Waals surface area contributed by atoms with E-state index in [0.717, 1.165) is 25.8 Å². The van der Waals surface area contributed by atoms with E-state index < -0.39 is 0 Å². The summed E-state index contributed by atoms with van der Waals surface area (Å²) in [6.45, 7) is 9.10. The summed E-state index contributed by atoms with van der Waals surface area (Å²) in [4.78, 5) is 10.6. The third-order valence-electron chi connectivity index (χ3n) is 3.85. The van der Waals surface area contributed by atoms with Gasteiger partial charge in [0, 0.05) is 17.7 Å². The Bertz CT molecular complexity index is 551. The Labute approximate surface area is 170 Å². The van der Waals surface area contributed by atoms with Crippen molar-refractivity contribution in [3.8, 4) is 0 Å². The van der Waals surface area contributed by atoms with Gasteiger partial charge in [0.1, 0.15) is 0 Å². The van der Waals surface area contributed by atoms with Crippen LogP contribution in [0.1, 0.15) is 43.4 Å². The number of carbonyl (C=O) groups excluding carboxylic acids is 1. The zero-order chi connectivity index (χ0) is 20.3. The molecule has 0 heterocycles. The van der Waals surface area contributed by atoms with Gasteiger partial charge in [-0.2, -0.15) is 12.6 Å². The fraction of sp³-hybridized carbons (Fsp3) is 0.348. The van der Waals surface area contributed by atoms with Crippen molar-refractivity contribution in [3.63, 3.8) is 0 Å². The van der Waals surface area contributed by atoms with Gasteiger partial charge in [0.25, 0.3) is 0 Å². The second kappa shape index (κ2) is 17.4. The number of hydrogen-bond acceptors (Lipinski definition) is 3. The normalized spacial score (nSPS) is 11.8. The third-order valence-corrected chi connectivity index (χ3v) is 4.59. The Hall–Kier alpha value is -2.04. The first kappa shape index (κ1) is 25.0. The maximum Gasteiger partial charge on any atom is 0.217 e. The van der Waals surface area contributed by atoms with E-state index in [2.05, 4.69) is 50.2 Å². The highest BCUT2D eigenvalue weighted by Gasteiger charge is 2.13. The first-order chi connectivity index (χ1) is 13.1. The Kier molecular flexibility index (Phi) is 16.1. The smallest absolute Gasteiger partial charge is 0.217 e. The topological polar surface area (TPSA) is 55.1 Å². The highest BCUT2D eigenvalue weighted by molar-refractivity contribution is 7.80. The highest BCUT2D eigenvalue weighted by atomic mass is 32.1. The average molecular weight is 387 g/mol. The molecule has 0 bridgehead atoms. The molecular formula is C23H34N2OS. The number of benzene rings is 2. The molecule has 27 heavy (non-hydrogen) atoms. The number of amides is 1. The number of thiol groups is 1. The van der Waals surface area contributed by atoms with Crippen molar-refractivity contribution in [2.75, 3.05) is 6.54 Å². The average Bonchev–Trinajstić information content (AvgIpc) is 2.73. The lowest BCUT2D eigenvalue weighted by molar-refractivity contribution is -0.118. The van der Waals surface area contributed by atoms with E-state index >= 15 is 0 Å². The van der Waals surface area contributed by atoms with Crippen molar-refractivity contribution in [2.24, 2.45) is 5.73 Å². The van der Waals surface area contributed by atoms with Crippen molar-refractivity contribution in [2.45, 2.75) is 43.9 Å². The minimum absolute atomic E-state index is 0.201. The fourth-order valence-corrected chi connectivity index (χ4v) is 2.64. The van der Waals surface area contributed by atoms with Crippen LogP contribution in [0.5, 0.6) is 0 Å². The maximum atomic E-state index is 10.6. The molecule has 0 radical (unpaired) electrons. The lowest BCUT2D eigenvalue weighted by Gasteiger charge is -2.21. The fourth-order valence-electron chi connectivity index (χ4n) is 2.37. The van der Waals surface area contributed by atoms with Crippen molar-refractivity contribution < 1.29 is 4.79 Å². The molecule has 4 heteroatoms. The number of nitrogens with one attached hydrogen (secondary N) is 1. The van der Waals surface area contributed by atoms with Gasteiger partial charge in [0.15, 0.2) is 0 Å². The van der Waals surface area contributed by atoms with Gasteiger partial charge in [0.05, 0.1) is 0 Å².